The number of pyridine rings is 2. The molecule has 270 valence electrons. The quantitative estimate of drug-likeness (QED) is 0.114. The molecule has 2 aliphatic rings. The van der Waals surface area contributed by atoms with E-state index in [2.05, 4.69) is 37.0 Å². The highest BCUT2D eigenvalue weighted by Gasteiger charge is 2.34. The third-order valence-corrected chi connectivity index (χ3v) is 10.4. The van der Waals surface area contributed by atoms with E-state index in [1.54, 1.807) is 42.9 Å². The standard InChI is InChI=1S/C38H40Cl2N8O4/c1-38(2,37(51)52-3)45-27-11-6-15-48-31(27)18-30(46-48)36(50)44-29-10-5-8-26(33(29)40)25-7-4-9-28(32(25)39)43-35-34-23(12-14-41-35)17-22(19-42-34)20-47-16-13-24(49)21-47/h4-5,7-10,12,14,17-19,24,27,45,49H,6,11,13,15-16,20-21H2,1-3H3,(H,41,43)(H,44,50)/t24-,27?/m1/s1. The number of aryl methyl sites for hydroxylation is 1. The molecule has 14 heteroatoms. The zero-order valence-corrected chi connectivity index (χ0v) is 30.6. The van der Waals surface area contributed by atoms with Crippen molar-refractivity contribution < 1.29 is 19.4 Å². The molecule has 5 heterocycles. The average Bonchev–Trinajstić information content (AvgIpc) is 3.76. The molecule has 0 aliphatic carbocycles. The van der Waals surface area contributed by atoms with Crippen LogP contribution in [0.3, 0.4) is 0 Å². The van der Waals surface area contributed by atoms with Crippen LogP contribution in [-0.4, -0.2) is 73.5 Å². The molecule has 1 amide bonds. The minimum absolute atomic E-state index is 0.181. The second kappa shape index (κ2) is 14.8. The smallest absolute Gasteiger partial charge is 0.325 e. The van der Waals surface area contributed by atoms with Crippen molar-refractivity contribution in [1.29, 1.82) is 0 Å². The minimum atomic E-state index is -0.915. The molecule has 2 atom stereocenters. The molecule has 1 unspecified atom stereocenters. The molecule has 0 bridgehead atoms. The van der Waals surface area contributed by atoms with Crippen LogP contribution in [0, 0.1) is 0 Å². The number of benzene rings is 2. The van der Waals surface area contributed by atoms with Crippen LogP contribution in [-0.2, 0) is 22.6 Å². The zero-order chi connectivity index (χ0) is 36.6. The van der Waals surface area contributed by atoms with E-state index in [1.807, 2.05) is 36.5 Å². The number of likely N-dealkylation sites (tertiary alicyclic amines) is 1. The number of ether oxygens (including phenoxy) is 1. The van der Waals surface area contributed by atoms with E-state index in [-0.39, 0.29) is 23.8 Å². The predicted molar refractivity (Wildman–Crippen MR) is 202 cm³/mol. The summed E-state index contributed by atoms with van der Waals surface area (Å²) in [6, 6.07) is 16.5. The molecule has 0 radical (unpaired) electrons. The Bertz CT molecular complexity index is 2160. The molecule has 52 heavy (non-hydrogen) atoms. The third kappa shape index (κ3) is 7.35. The number of aromatic nitrogens is 4. The molecule has 2 aliphatic heterocycles. The van der Waals surface area contributed by atoms with Gasteiger partial charge in [0.2, 0.25) is 0 Å². The van der Waals surface area contributed by atoms with Gasteiger partial charge in [-0.15, -0.1) is 0 Å². The molecule has 12 nitrogen and oxygen atoms in total. The number of carbonyl (C=O) groups excluding carboxylic acids is 2. The van der Waals surface area contributed by atoms with Crippen LogP contribution >= 0.6 is 23.2 Å². The van der Waals surface area contributed by atoms with Gasteiger partial charge in [-0.25, -0.2) is 4.98 Å². The fourth-order valence-corrected chi connectivity index (χ4v) is 7.53. The van der Waals surface area contributed by atoms with E-state index in [1.165, 1.54) is 7.11 Å². The molecule has 5 aromatic rings. The Morgan fingerprint density at radius 2 is 1.75 bits per heavy atom. The lowest BCUT2D eigenvalue weighted by molar-refractivity contribution is -0.147. The van der Waals surface area contributed by atoms with Crippen molar-refractivity contribution in [3.05, 3.63) is 94.0 Å². The molecule has 7 rings (SSSR count). The molecule has 4 N–H and O–H groups in total. The number of nitrogens with zero attached hydrogens (tertiary/aromatic N) is 5. The summed E-state index contributed by atoms with van der Waals surface area (Å²) in [7, 11) is 1.36. The van der Waals surface area contributed by atoms with E-state index in [9.17, 15) is 14.7 Å². The van der Waals surface area contributed by atoms with Crippen LogP contribution in [0.15, 0.2) is 67.0 Å². The first-order valence-corrected chi connectivity index (χ1v) is 18.0. The number of anilines is 3. The fraction of sp³-hybridized carbons (Fsp3) is 0.342. The monoisotopic (exact) mass is 742 g/mol. The third-order valence-electron chi connectivity index (χ3n) is 9.59. The van der Waals surface area contributed by atoms with Gasteiger partial charge in [-0.3, -0.25) is 29.5 Å². The van der Waals surface area contributed by atoms with Crippen LogP contribution in [0.25, 0.3) is 22.0 Å². The highest BCUT2D eigenvalue weighted by molar-refractivity contribution is 6.39. The summed E-state index contributed by atoms with van der Waals surface area (Å²) in [5, 5.41) is 25.8. The number of esters is 1. The number of halogens is 2. The summed E-state index contributed by atoms with van der Waals surface area (Å²) in [6.07, 6.45) is 5.71. The number of hydrogen-bond donors (Lipinski definition) is 4. The number of aliphatic hydroxyl groups excluding tert-OH is 1. The van der Waals surface area contributed by atoms with Gasteiger partial charge in [0.25, 0.3) is 5.91 Å². The maximum atomic E-state index is 13.5. The Balaban J connectivity index is 1.09. The van der Waals surface area contributed by atoms with Crippen LogP contribution in [0.2, 0.25) is 10.0 Å². The molecule has 0 saturated carbocycles. The number of carbonyl (C=O) groups is 2. The van der Waals surface area contributed by atoms with Crippen molar-refractivity contribution >= 4 is 63.2 Å². The fourth-order valence-electron chi connectivity index (χ4n) is 6.98. The van der Waals surface area contributed by atoms with Gasteiger partial charge in [0, 0.05) is 55.1 Å². The zero-order valence-electron chi connectivity index (χ0n) is 29.1. The lowest BCUT2D eigenvalue weighted by Crippen LogP contribution is -2.50. The van der Waals surface area contributed by atoms with Gasteiger partial charge in [-0.2, -0.15) is 5.10 Å². The molecule has 0 spiro atoms. The predicted octanol–water partition coefficient (Wildman–Crippen LogP) is 6.74. The highest BCUT2D eigenvalue weighted by atomic mass is 35.5. The van der Waals surface area contributed by atoms with Crippen LogP contribution < -0.4 is 16.0 Å². The van der Waals surface area contributed by atoms with Crippen molar-refractivity contribution in [2.75, 3.05) is 30.8 Å². The molecular weight excluding hydrogens is 703 g/mol. The summed E-state index contributed by atoms with van der Waals surface area (Å²) in [4.78, 5) is 37.4. The van der Waals surface area contributed by atoms with Gasteiger partial charge in [-0.1, -0.05) is 47.5 Å². The molecule has 2 aromatic carbocycles. The summed E-state index contributed by atoms with van der Waals surface area (Å²) in [6.45, 7) is 6.45. The van der Waals surface area contributed by atoms with Gasteiger partial charge in [0.1, 0.15) is 11.1 Å². The van der Waals surface area contributed by atoms with E-state index in [0.717, 1.165) is 49.0 Å². The van der Waals surface area contributed by atoms with Crippen molar-refractivity contribution in [2.45, 2.75) is 63.9 Å². The highest BCUT2D eigenvalue weighted by Crippen LogP contribution is 2.41. The molecule has 1 fully saturated rings. The molecule has 1 saturated heterocycles. The van der Waals surface area contributed by atoms with Gasteiger partial charge in [0.05, 0.1) is 46.4 Å². The Hall–Kier alpha value is -4.59. The summed E-state index contributed by atoms with van der Waals surface area (Å²) < 4.78 is 6.77. The van der Waals surface area contributed by atoms with Crippen LogP contribution in [0.5, 0.6) is 0 Å². The second-order valence-corrected chi connectivity index (χ2v) is 14.6. The van der Waals surface area contributed by atoms with Gasteiger partial charge >= 0.3 is 5.97 Å². The summed E-state index contributed by atoms with van der Waals surface area (Å²) >= 11 is 14.0. The maximum absolute atomic E-state index is 13.5. The van der Waals surface area contributed by atoms with Crippen molar-refractivity contribution in [3.8, 4) is 11.1 Å². The maximum Gasteiger partial charge on any atom is 0.325 e. The molecule has 3 aromatic heterocycles. The number of hydrogen-bond acceptors (Lipinski definition) is 10. The van der Waals surface area contributed by atoms with Gasteiger partial charge in [-0.05, 0) is 69.0 Å². The van der Waals surface area contributed by atoms with Crippen molar-refractivity contribution in [1.82, 2.24) is 30.0 Å². The Morgan fingerprint density at radius 3 is 2.48 bits per heavy atom. The van der Waals surface area contributed by atoms with E-state index in [4.69, 9.17) is 32.9 Å². The SMILES string of the molecule is COC(=O)C(C)(C)NC1CCCn2nc(C(=O)Nc3cccc(-c4cccc(Nc5nccc6cc(CN7CC[C@@H](O)C7)cnc56)c4Cl)c3Cl)cc21. The Morgan fingerprint density at radius 1 is 1.00 bits per heavy atom. The van der Waals surface area contributed by atoms with E-state index in [0.29, 0.717) is 57.0 Å². The van der Waals surface area contributed by atoms with Crippen molar-refractivity contribution in [2.24, 2.45) is 0 Å². The van der Waals surface area contributed by atoms with Crippen LogP contribution in [0.1, 0.15) is 60.9 Å². The number of aliphatic hydroxyl groups is 1. The van der Waals surface area contributed by atoms with E-state index >= 15 is 0 Å². The lowest BCUT2D eigenvalue weighted by Gasteiger charge is -2.32. The summed E-state index contributed by atoms with van der Waals surface area (Å²) in [5.74, 6) is -0.226. The van der Waals surface area contributed by atoms with Crippen LogP contribution in [0.4, 0.5) is 17.2 Å². The number of fused-ring (bicyclic) bond motifs is 2. The van der Waals surface area contributed by atoms with Gasteiger partial charge in [0.15, 0.2) is 11.5 Å². The number of β-amino-alcohol motifs (C(OH)–C–C–N with tert-alkyl or cyclic N) is 1. The first-order chi connectivity index (χ1) is 25.0. The van der Waals surface area contributed by atoms with E-state index < -0.39 is 11.4 Å². The Labute approximate surface area is 311 Å². The topological polar surface area (TPSA) is 147 Å². The number of amides is 1. The number of nitrogens with one attached hydrogen (secondary N) is 3. The first-order valence-electron chi connectivity index (χ1n) is 17.2. The Kier molecular flexibility index (Phi) is 10.2. The first kappa shape index (κ1) is 35.8. The lowest BCUT2D eigenvalue weighted by atomic mass is 9.98. The largest absolute Gasteiger partial charge is 0.468 e. The number of rotatable bonds is 10. The summed E-state index contributed by atoms with van der Waals surface area (Å²) in [5.41, 5.74) is 4.23. The minimum Gasteiger partial charge on any atom is -0.468 e. The average molecular weight is 744 g/mol. The van der Waals surface area contributed by atoms with Crippen molar-refractivity contribution in [3.63, 3.8) is 0 Å². The molecular formula is C38H40Cl2N8O4. The normalized spacial score (nSPS) is 17.6. The van der Waals surface area contributed by atoms with Gasteiger partial charge < -0.3 is 20.5 Å². The number of methoxy groups -OCH3 is 1. The second-order valence-electron chi connectivity index (χ2n) is 13.8.